The molecule has 0 aliphatic heterocycles. The molecule has 4 aromatic rings. The van der Waals surface area contributed by atoms with Gasteiger partial charge in [-0.05, 0) is 18.2 Å². The van der Waals surface area contributed by atoms with E-state index in [0.717, 1.165) is 11.3 Å². The van der Waals surface area contributed by atoms with Crippen LogP contribution in [0.2, 0.25) is 5.02 Å². The van der Waals surface area contributed by atoms with Crippen molar-refractivity contribution in [2.45, 2.75) is 34.3 Å². The highest BCUT2D eigenvalue weighted by Crippen LogP contribution is 2.26. The zero-order chi connectivity index (χ0) is 24.4. The molecular formula is C24H30ClN5O3. The van der Waals surface area contributed by atoms with E-state index in [-0.39, 0.29) is 18.3 Å². The van der Waals surface area contributed by atoms with Crippen LogP contribution in [-0.4, -0.2) is 31.2 Å². The van der Waals surface area contributed by atoms with Gasteiger partial charge in [0.25, 0.3) is 5.88 Å². The standard InChI is InChI=1S/C20H18ClN5O3.2C2H6/c1-24-20(27)26(19(23-24)28-2)17-11-7-6-8-14(17)13-29-18-16(21)12-25(22-18)15-9-4-3-5-10-15;2*1-2/h3-12H,13H2,1-2H3;2*1-2H3. The summed E-state index contributed by atoms with van der Waals surface area (Å²) >= 11 is 6.30. The van der Waals surface area contributed by atoms with E-state index >= 15 is 0 Å². The lowest BCUT2D eigenvalue weighted by atomic mass is 10.2. The second-order valence-corrected chi connectivity index (χ2v) is 6.62. The molecule has 0 atom stereocenters. The fraction of sp³-hybridized carbons (Fsp3) is 0.292. The van der Waals surface area contributed by atoms with Gasteiger partial charge < -0.3 is 9.47 Å². The van der Waals surface area contributed by atoms with Gasteiger partial charge in [-0.2, -0.15) is 0 Å². The first-order valence-electron chi connectivity index (χ1n) is 10.8. The van der Waals surface area contributed by atoms with Crippen LogP contribution in [0.4, 0.5) is 0 Å². The van der Waals surface area contributed by atoms with Crippen molar-refractivity contribution < 1.29 is 9.47 Å². The maximum absolute atomic E-state index is 12.5. The highest BCUT2D eigenvalue weighted by Gasteiger charge is 2.17. The molecule has 0 bridgehead atoms. The minimum Gasteiger partial charge on any atom is -0.471 e. The van der Waals surface area contributed by atoms with Crippen molar-refractivity contribution >= 4 is 11.6 Å². The Balaban J connectivity index is 0.000000914. The third kappa shape index (κ3) is 5.84. The first kappa shape index (κ1) is 25.7. The molecule has 2 aromatic heterocycles. The Morgan fingerprint density at radius 1 is 0.939 bits per heavy atom. The normalized spacial score (nSPS) is 9.91. The molecule has 9 heteroatoms. The fourth-order valence-electron chi connectivity index (χ4n) is 2.93. The lowest BCUT2D eigenvalue weighted by Gasteiger charge is -2.11. The molecule has 0 aliphatic carbocycles. The number of ether oxygens (including phenoxy) is 2. The van der Waals surface area contributed by atoms with E-state index in [1.165, 1.54) is 16.4 Å². The molecule has 0 radical (unpaired) electrons. The first-order valence-corrected chi connectivity index (χ1v) is 11.2. The lowest BCUT2D eigenvalue weighted by molar-refractivity contribution is 0.291. The van der Waals surface area contributed by atoms with Gasteiger partial charge in [0.15, 0.2) is 0 Å². The molecule has 176 valence electrons. The SMILES string of the molecule is CC.CC.COc1nn(C)c(=O)n1-c1ccccc1COc1nn(-c2ccccc2)cc1Cl. The zero-order valence-corrected chi connectivity index (χ0v) is 20.6. The van der Waals surface area contributed by atoms with Gasteiger partial charge in [-0.1, -0.05) is 75.7 Å². The molecule has 2 heterocycles. The van der Waals surface area contributed by atoms with E-state index in [1.54, 1.807) is 24.0 Å². The second kappa shape index (κ2) is 12.5. The minimum atomic E-state index is -0.319. The Labute approximate surface area is 199 Å². The number of nitrogens with zero attached hydrogens (tertiary/aromatic N) is 5. The average Bonchev–Trinajstić information content (AvgIpc) is 3.39. The average molecular weight is 472 g/mol. The largest absolute Gasteiger partial charge is 0.471 e. The topological polar surface area (TPSA) is 76.1 Å². The summed E-state index contributed by atoms with van der Waals surface area (Å²) in [5, 5.41) is 8.88. The second-order valence-electron chi connectivity index (χ2n) is 6.21. The summed E-state index contributed by atoms with van der Waals surface area (Å²) in [6, 6.07) is 17.1. The van der Waals surface area contributed by atoms with Crippen LogP contribution in [0.15, 0.2) is 65.6 Å². The first-order chi connectivity index (χ1) is 16.1. The van der Waals surface area contributed by atoms with Crippen molar-refractivity contribution in [1.29, 1.82) is 0 Å². The smallest absolute Gasteiger partial charge is 0.353 e. The summed E-state index contributed by atoms with van der Waals surface area (Å²) in [6.45, 7) is 8.16. The highest BCUT2D eigenvalue weighted by atomic mass is 35.5. The molecule has 8 nitrogen and oxygen atoms in total. The zero-order valence-electron chi connectivity index (χ0n) is 19.8. The Morgan fingerprint density at radius 2 is 1.58 bits per heavy atom. The van der Waals surface area contributed by atoms with Crippen LogP contribution in [-0.2, 0) is 13.7 Å². The molecule has 0 fully saturated rings. The van der Waals surface area contributed by atoms with E-state index in [0.29, 0.717) is 16.6 Å². The van der Waals surface area contributed by atoms with E-state index in [2.05, 4.69) is 10.2 Å². The van der Waals surface area contributed by atoms with Crippen LogP contribution in [0.1, 0.15) is 33.3 Å². The van der Waals surface area contributed by atoms with Gasteiger partial charge in [0.05, 0.1) is 24.7 Å². The Bertz CT molecular complexity index is 1200. The van der Waals surface area contributed by atoms with Crippen LogP contribution in [0.5, 0.6) is 11.9 Å². The number of rotatable bonds is 6. The number of hydrogen-bond acceptors (Lipinski definition) is 5. The molecule has 0 saturated heterocycles. The summed E-state index contributed by atoms with van der Waals surface area (Å²) in [5.41, 5.74) is 1.92. The van der Waals surface area contributed by atoms with Crippen LogP contribution in [0.25, 0.3) is 11.4 Å². The molecule has 0 aliphatic rings. The third-order valence-electron chi connectivity index (χ3n) is 4.33. The minimum absolute atomic E-state index is 0.159. The predicted octanol–water partition coefficient (Wildman–Crippen LogP) is 5.05. The van der Waals surface area contributed by atoms with Gasteiger partial charge in [0.2, 0.25) is 0 Å². The molecule has 33 heavy (non-hydrogen) atoms. The summed E-state index contributed by atoms with van der Waals surface area (Å²) in [7, 11) is 3.03. The van der Waals surface area contributed by atoms with Gasteiger partial charge in [-0.25, -0.2) is 18.7 Å². The Hall–Kier alpha value is -3.52. The summed E-state index contributed by atoms with van der Waals surface area (Å²) in [6.07, 6.45) is 1.69. The maximum atomic E-state index is 12.5. The number of halogens is 1. The van der Waals surface area contributed by atoms with Crippen LogP contribution >= 0.6 is 11.6 Å². The molecule has 4 rings (SSSR count). The number of para-hydroxylation sites is 2. The van der Waals surface area contributed by atoms with Crippen molar-refractivity contribution in [3.63, 3.8) is 0 Å². The monoisotopic (exact) mass is 471 g/mol. The van der Waals surface area contributed by atoms with E-state index < -0.39 is 0 Å². The van der Waals surface area contributed by atoms with Gasteiger partial charge in [0, 0.05) is 12.6 Å². The summed E-state index contributed by atoms with van der Waals surface area (Å²) in [4.78, 5) is 12.5. The maximum Gasteiger partial charge on any atom is 0.353 e. The van der Waals surface area contributed by atoms with E-state index in [4.69, 9.17) is 21.1 Å². The summed E-state index contributed by atoms with van der Waals surface area (Å²) < 4.78 is 15.4. The number of benzene rings is 2. The Kier molecular flexibility index (Phi) is 9.75. The van der Waals surface area contributed by atoms with Gasteiger partial charge in [-0.3, -0.25) is 0 Å². The summed E-state index contributed by atoms with van der Waals surface area (Å²) in [5.74, 6) is 0.302. The van der Waals surface area contributed by atoms with Crippen molar-refractivity contribution in [3.8, 4) is 23.3 Å². The molecule has 0 amide bonds. The third-order valence-corrected chi connectivity index (χ3v) is 4.59. The molecule has 0 spiro atoms. The van der Waals surface area contributed by atoms with Crippen molar-refractivity contribution in [3.05, 3.63) is 81.9 Å². The molecule has 0 saturated carbocycles. The van der Waals surface area contributed by atoms with Crippen molar-refractivity contribution in [1.82, 2.24) is 24.1 Å². The van der Waals surface area contributed by atoms with Crippen LogP contribution in [0, 0.1) is 0 Å². The number of methoxy groups -OCH3 is 1. The fourth-order valence-corrected chi connectivity index (χ4v) is 3.11. The predicted molar refractivity (Wildman–Crippen MR) is 131 cm³/mol. The molecule has 0 unspecified atom stereocenters. The van der Waals surface area contributed by atoms with Gasteiger partial charge in [0.1, 0.15) is 11.6 Å². The number of aryl methyl sites for hydroxylation is 1. The van der Waals surface area contributed by atoms with Crippen molar-refractivity contribution in [2.24, 2.45) is 7.05 Å². The van der Waals surface area contributed by atoms with E-state index in [9.17, 15) is 4.79 Å². The molecule has 0 N–H and O–H groups in total. The van der Waals surface area contributed by atoms with Gasteiger partial charge in [-0.15, -0.1) is 10.2 Å². The quantitative estimate of drug-likeness (QED) is 0.393. The number of aromatic nitrogens is 5. The van der Waals surface area contributed by atoms with Crippen LogP contribution in [0.3, 0.4) is 0 Å². The van der Waals surface area contributed by atoms with Gasteiger partial charge >= 0.3 is 11.7 Å². The lowest BCUT2D eigenvalue weighted by Crippen LogP contribution is -2.22. The number of hydrogen-bond donors (Lipinski definition) is 0. The van der Waals surface area contributed by atoms with Crippen LogP contribution < -0.4 is 15.2 Å². The Morgan fingerprint density at radius 3 is 2.24 bits per heavy atom. The highest BCUT2D eigenvalue weighted by molar-refractivity contribution is 6.31. The molecular weight excluding hydrogens is 442 g/mol. The molecule has 2 aromatic carbocycles. The van der Waals surface area contributed by atoms with Crippen molar-refractivity contribution in [2.75, 3.05) is 7.11 Å². The van der Waals surface area contributed by atoms with E-state index in [1.807, 2.05) is 76.2 Å².